The van der Waals surface area contributed by atoms with Gasteiger partial charge in [-0.05, 0) is 24.3 Å². The van der Waals surface area contributed by atoms with Crippen molar-refractivity contribution in [3.8, 4) is 28.7 Å². The third-order valence-electron chi connectivity index (χ3n) is 5.53. The molecule has 10 nitrogen and oxygen atoms in total. The minimum Gasteiger partial charge on any atom is -0.285 e. The molecule has 0 aliphatic carbocycles. The lowest BCUT2D eigenvalue weighted by Gasteiger charge is -2.47. The maximum absolute atomic E-state index is 11.8. The van der Waals surface area contributed by atoms with Gasteiger partial charge >= 0.3 is 0 Å². The molecule has 0 bridgehead atoms. The van der Waals surface area contributed by atoms with E-state index in [1.807, 2.05) is 24.3 Å². The second-order valence-electron chi connectivity index (χ2n) is 7.65. The van der Waals surface area contributed by atoms with Crippen molar-refractivity contribution in [3.05, 3.63) is 49.1 Å². The van der Waals surface area contributed by atoms with Crippen LogP contribution in [0.25, 0.3) is 33.5 Å². The molecule has 1 saturated heterocycles. The summed E-state index contributed by atoms with van der Waals surface area (Å²) in [6.07, 6.45) is 8.28. The molecule has 0 amide bonds. The van der Waals surface area contributed by atoms with E-state index in [-0.39, 0.29) is 19.5 Å². The number of nitriles is 1. The van der Waals surface area contributed by atoms with Crippen LogP contribution in [0.2, 0.25) is 0 Å². The van der Waals surface area contributed by atoms with Crippen LogP contribution in [0.1, 0.15) is 6.42 Å². The number of fused-ring (bicyclic) bond motifs is 1. The molecule has 0 spiro atoms. The Hall–Kier alpha value is -3.62. The van der Waals surface area contributed by atoms with Crippen molar-refractivity contribution >= 4 is 20.9 Å². The van der Waals surface area contributed by atoms with E-state index < -0.39 is 15.6 Å². The number of rotatable bonds is 5. The normalized spacial score (nSPS) is 16.1. The Morgan fingerprint density at radius 2 is 2.13 bits per heavy atom. The first-order chi connectivity index (χ1) is 14.9. The summed E-state index contributed by atoms with van der Waals surface area (Å²) in [5, 5.41) is 21.7. The van der Waals surface area contributed by atoms with Gasteiger partial charge in [0.25, 0.3) is 0 Å². The van der Waals surface area contributed by atoms with Gasteiger partial charge in [0.15, 0.2) is 0 Å². The van der Waals surface area contributed by atoms with Crippen LogP contribution in [0.3, 0.4) is 0 Å². The van der Waals surface area contributed by atoms with Crippen molar-refractivity contribution in [1.29, 1.82) is 5.26 Å². The molecular formula is C20H18N8O2S. The molecule has 1 N–H and O–H groups in total. The van der Waals surface area contributed by atoms with Crippen LogP contribution in [0.4, 0.5) is 0 Å². The van der Waals surface area contributed by atoms with Crippen LogP contribution in [-0.4, -0.2) is 62.0 Å². The van der Waals surface area contributed by atoms with E-state index in [0.717, 1.165) is 16.5 Å². The second kappa shape index (κ2) is 6.97. The fourth-order valence-corrected chi connectivity index (χ4v) is 4.80. The smallest absolute Gasteiger partial charge is 0.211 e. The first kappa shape index (κ1) is 19.3. The predicted octanol–water partition coefficient (Wildman–Crippen LogP) is 1.77. The van der Waals surface area contributed by atoms with Gasteiger partial charge in [-0.3, -0.25) is 14.8 Å². The molecule has 4 aromatic heterocycles. The van der Waals surface area contributed by atoms with Gasteiger partial charge in [-0.1, -0.05) is 0 Å². The molecule has 1 fully saturated rings. The van der Waals surface area contributed by atoms with E-state index in [1.54, 1.807) is 29.5 Å². The van der Waals surface area contributed by atoms with Crippen LogP contribution >= 0.6 is 0 Å². The van der Waals surface area contributed by atoms with Crippen LogP contribution in [0.5, 0.6) is 0 Å². The van der Waals surface area contributed by atoms with Crippen molar-refractivity contribution in [2.45, 2.75) is 12.0 Å². The first-order valence-electron chi connectivity index (χ1n) is 9.53. The summed E-state index contributed by atoms with van der Waals surface area (Å²) < 4.78 is 26.7. The van der Waals surface area contributed by atoms with Gasteiger partial charge in [0, 0.05) is 42.6 Å². The Morgan fingerprint density at radius 1 is 1.29 bits per heavy atom. The maximum atomic E-state index is 11.8. The Labute approximate surface area is 178 Å². The average molecular weight is 434 g/mol. The van der Waals surface area contributed by atoms with Crippen molar-refractivity contribution in [3.63, 3.8) is 0 Å². The molecule has 156 valence electrons. The lowest BCUT2D eigenvalue weighted by Crippen LogP contribution is -2.63. The van der Waals surface area contributed by atoms with E-state index in [2.05, 4.69) is 21.3 Å². The number of H-pyrrole nitrogens is 1. The van der Waals surface area contributed by atoms with Crippen molar-refractivity contribution in [2.75, 3.05) is 19.3 Å². The van der Waals surface area contributed by atoms with Crippen LogP contribution < -0.4 is 0 Å². The summed E-state index contributed by atoms with van der Waals surface area (Å²) in [6.45, 7) is 0.427. The summed E-state index contributed by atoms with van der Waals surface area (Å²) in [7, 11) is -3.32. The van der Waals surface area contributed by atoms with Crippen molar-refractivity contribution in [1.82, 2.24) is 34.3 Å². The van der Waals surface area contributed by atoms with Crippen LogP contribution in [-0.2, 0) is 15.6 Å². The minimum absolute atomic E-state index is 0.158. The standard InChI is InChI=1S/C20H18N8O2S/c1-31(29,30)27-12-20(13-27,5-6-21)28-8-4-16(26-28)19-15-3-2-7-22-18(15)9-17(25-19)14-10-23-24-11-14/h2-4,7-11H,5,12-13H2,1H3,(H,23,24). The zero-order valence-electron chi connectivity index (χ0n) is 16.6. The van der Waals surface area contributed by atoms with Gasteiger partial charge < -0.3 is 0 Å². The average Bonchev–Trinajstić information content (AvgIpc) is 3.41. The molecule has 0 unspecified atom stereocenters. The summed E-state index contributed by atoms with van der Waals surface area (Å²) >= 11 is 0. The highest BCUT2D eigenvalue weighted by Crippen LogP contribution is 2.35. The number of hydrogen-bond donors (Lipinski definition) is 1. The number of nitrogens with one attached hydrogen (secondary N) is 1. The van der Waals surface area contributed by atoms with Crippen LogP contribution in [0, 0.1) is 11.3 Å². The molecule has 0 aromatic carbocycles. The molecule has 0 atom stereocenters. The first-order valence-corrected chi connectivity index (χ1v) is 11.4. The highest BCUT2D eigenvalue weighted by atomic mass is 32.2. The number of hydrogen-bond acceptors (Lipinski definition) is 7. The third-order valence-corrected chi connectivity index (χ3v) is 6.73. The number of nitrogens with zero attached hydrogens (tertiary/aromatic N) is 7. The highest BCUT2D eigenvalue weighted by molar-refractivity contribution is 7.88. The lowest BCUT2D eigenvalue weighted by atomic mass is 9.89. The Morgan fingerprint density at radius 3 is 2.84 bits per heavy atom. The molecule has 1 aliphatic heterocycles. The van der Waals surface area contributed by atoms with E-state index in [4.69, 9.17) is 10.1 Å². The minimum atomic E-state index is -3.32. The molecule has 1 aliphatic rings. The van der Waals surface area contributed by atoms with Crippen molar-refractivity contribution in [2.24, 2.45) is 0 Å². The molecule has 5 heterocycles. The Kier molecular flexibility index (Phi) is 4.35. The SMILES string of the molecule is CS(=O)(=O)N1CC(CC#N)(n2ccc(-c3nc(-c4cn[nH]c4)cc4ncccc34)n2)C1. The predicted molar refractivity (Wildman–Crippen MR) is 113 cm³/mol. The fourth-order valence-electron chi connectivity index (χ4n) is 3.85. The van der Waals surface area contributed by atoms with Crippen LogP contribution in [0.15, 0.2) is 49.1 Å². The molecule has 0 radical (unpaired) electrons. The van der Waals surface area contributed by atoms with Gasteiger partial charge in [-0.25, -0.2) is 13.4 Å². The Bertz CT molecular complexity index is 1410. The second-order valence-corrected chi connectivity index (χ2v) is 9.63. The Balaban J connectivity index is 1.59. The molecule has 5 rings (SSSR count). The largest absolute Gasteiger partial charge is 0.285 e. The summed E-state index contributed by atoms with van der Waals surface area (Å²) in [6, 6.07) is 9.67. The van der Waals surface area contributed by atoms with Gasteiger partial charge in [-0.2, -0.15) is 19.8 Å². The van der Waals surface area contributed by atoms with E-state index in [9.17, 15) is 13.7 Å². The number of aromatic amines is 1. The summed E-state index contributed by atoms with van der Waals surface area (Å²) in [4.78, 5) is 9.27. The van der Waals surface area contributed by atoms with Gasteiger partial charge in [0.1, 0.15) is 16.9 Å². The fraction of sp³-hybridized carbons (Fsp3) is 0.250. The monoisotopic (exact) mass is 434 g/mol. The van der Waals surface area contributed by atoms with Gasteiger partial charge in [0.05, 0.1) is 36.2 Å². The zero-order chi connectivity index (χ0) is 21.6. The molecule has 11 heteroatoms. The van der Waals surface area contributed by atoms with Gasteiger partial charge in [-0.15, -0.1) is 0 Å². The van der Waals surface area contributed by atoms with Gasteiger partial charge in [0.2, 0.25) is 10.0 Å². The third kappa shape index (κ3) is 3.26. The van der Waals surface area contributed by atoms with Crippen molar-refractivity contribution < 1.29 is 8.42 Å². The van der Waals surface area contributed by atoms with E-state index >= 15 is 0 Å². The van der Waals surface area contributed by atoms with E-state index in [1.165, 1.54) is 10.6 Å². The molecule has 31 heavy (non-hydrogen) atoms. The maximum Gasteiger partial charge on any atom is 0.211 e. The molecule has 4 aromatic rings. The molecular weight excluding hydrogens is 416 g/mol. The van der Waals surface area contributed by atoms with E-state index in [0.29, 0.717) is 17.1 Å². The quantitative estimate of drug-likeness (QED) is 0.506. The number of pyridine rings is 2. The number of sulfonamides is 1. The summed E-state index contributed by atoms with van der Waals surface area (Å²) in [5.41, 5.74) is 2.91. The lowest BCUT2D eigenvalue weighted by molar-refractivity contribution is 0.0726. The highest BCUT2D eigenvalue weighted by Gasteiger charge is 2.49. The zero-order valence-corrected chi connectivity index (χ0v) is 17.4. The molecule has 0 saturated carbocycles. The topological polar surface area (TPSA) is 133 Å². The summed E-state index contributed by atoms with van der Waals surface area (Å²) in [5.74, 6) is 0. The number of aromatic nitrogens is 6.